The van der Waals surface area contributed by atoms with Crippen molar-refractivity contribution in [3.8, 4) is 57.3 Å². The molecule has 0 atom stereocenters. The van der Waals surface area contributed by atoms with E-state index in [4.69, 9.17) is 13.9 Å². The number of ketones is 1. The smallest absolute Gasteiger partial charge is 0.238 e. The molecule has 0 radical (unpaired) electrons. The van der Waals surface area contributed by atoms with Crippen molar-refractivity contribution in [2.75, 3.05) is 14.2 Å². The Hall–Kier alpha value is -5.84. The number of Topliss-reactive ketones (excluding diaryl/α,β-unsaturated/α-hetero) is 1. The lowest BCUT2D eigenvalue weighted by atomic mass is 9.91. The average Bonchev–Trinajstić information content (AvgIpc) is 3.02. The molecule has 0 fully saturated rings. The van der Waals surface area contributed by atoms with Crippen LogP contribution in [-0.4, -0.2) is 50.6 Å². The van der Waals surface area contributed by atoms with E-state index in [1.54, 1.807) is 36.4 Å². The minimum absolute atomic E-state index is 0.00945. The third-order valence-corrected chi connectivity index (χ3v) is 7.70. The lowest BCUT2D eigenvalue weighted by molar-refractivity contribution is 0.0977. The molecule has 4 aromatic carbocycles. The number of hydrogen-bond acceptors (Lipinski definition) is 11. The Kier molecular flexibility index (Phi) is 8.19. The maximum atomic E-state index is 13.3. The van der Waals surface area contributed by atoms with Crippen LogP contribution in [0.4, 0.5) is 0 Å². The van der Waals surface area contributed by atoms with Crippen molar-refractivity contribution in [3.05, 3.63) is 92.6 Å². The Bertz CT molecular complexity index is 1990. The number of methoxy groups -OCH3 is 2. The third-order valence-electron chi connectivity index (χ3n) is 7.70. The molecule has 5 rings (SSSR count). The molecular weight excluding hydrogens is 584 g/mol. The van der Waals surface area contributed by atoms with E-state index in [0.717, 1.165) is 11.6 Å². The standard InChI is InChI=1S/C34H30O11/c1-16-28(39)26(23(36)13-6-17-4-9-19(35)10-5-17)29(40)22(32(16)44-3)14-21-24(37)15-25(38)27-30(41)31(42)33(45-34(21)27)18-7-11-20(43-2)12-8-18/h4-5,7-12,15,35,37-40,42H,6,13-14H2,1-3H3. The molecule has 45 heavy (non-hydrogen) atoms. The minimum Gasteiger partial charge on any atom is -0.508 e. The number of rotatable bonds is 9. The summed E-state index contributed by atoms with van der Waals surface area (Å²) in [6.45, 7) is 1.49. The van der Waals surface area contributed by atoms with Crippen LogP contribution >= 0.6 is 0 Å². The van der Waals surface area contributed by atoms with Crippen molar-refractivity contribution in [3.63, 3.8) is 0 Å². The fraction of sp³-hybridized carbons (Fsp3) is 0.176. The maximum Gasteiger partial charge on any atom is 0.238 e. The van der Waals surface area contributed by atoms with E-state index in [1.165, 1.54) is 33.3 Å². The van der Waals surface area contributed by atoms with Gasteiger partial charge in [0.25, 0.3) is 0 Å². The molecule has 0 spiro atoms. The van der Waals surface area contributed by atoms with Gasteiger partial charge in [0.2, 0.25) is 11.2 Å². The van der Waals surface area contributed by atoms with Gasteiger partial charge >= 0.3 is 0 Å². The maximum absolute atomic E-state index is 13.3. The van der Waals surface area contributed by atoms with Crippen LogP contribution in [0.3, 0.4) is 0 Å². The van der Waals surface area contributed by atoms with Crippen LogP contribution in [0.25, 0.3) is 22.3 Å². The molecule has 0 aliphatic heterocycles. The van der Waals surface area contributed by atoms with E-state index in [0.29, 0.717) is 11.3 Å². The van der Waals surface area contributed by atoms with Gasteiger partial charge in [0.1, 0.15) is 56.8 Å². The Morgan fingerprint density at radius 1 is 0.800 bits per heavy atom. The van der Waals surface area contributed by atoms with Crippen LogP contribution in [0.1, 0.15) is 39.0 Å². The molecule has 5 aromatic rings. The van der Waals surface area contributed by atoms with E-state index in [1.807, 2.05) is 0 Å². The average molecular weight is 615 g/mol. The summed E-state index contributed by atoms with van der Waals surface area (Å²) in [5.74, 6) is -3.27. The minimum atomic E-state index is -0.969. The number of hydrogen-bond donors (Lipinski definition) is 6. The number of carbonyl (C=O) groups is 1. The normalized spacial score (nSPS) is 11.1. The van der Waals surface area contributed by atoms with Gasteiger partial charge in [-0.1, -0.05) is 12.1 Å². The lowest BCUT2D eigenvalue weighted by Gasteiger charge is -2.19. The number of phenols is 5. The fourth-order valence-corrected chi connectivity index (χ4v) is 5.30. The van der Waals surface area contributed by atoms with E-state index >= 15 is 0 Å². The third kappa shape index (κ3) is 5.51. The molecule has 0 saturated heterocycles. The number of ether oxygens (including phenoxy) is 2. The van der Waals surface area contributed by atoms with Gasteiger partial charge in [-0.15, -0.1) is 0 Å². The molecule has 1 heterocycles. The van der Waals surface area contributed by atoms with Crippen LogP contribution in [0.15, 0.2) is 63.8 Å². The van der Waals surface area contributed by atoms with Crippen molar-refractivity contribution < 1.29 is 49.3 Å². The second-order valence-corrected chi connectivity index (χ2v) is 10.4. The molecule has 0 amide bonds. The number of aromatic hydroxyl groups is 6. The molecule has 0 unspecified atom stereocenters. The van der Waals surface area contributed by atoms with E-state index < -0.39 is 45.3 Å². The molecule has 0 bridgehead atoms. The van der Waals surface area contributed by atoms with Crippen LogP contribution in [0, 0.1) is 6.92 Å². The number of aryl methyl sites for hydroxylation is 1. The zero-order chi connectivity index (χ0) is 32.6. The summed E-state index contributed by atoms with van der Waals surface area (Å²) in [7, 11) is 2.77. The van der Waals surface area contributed by atoms with Crippen LogP contribution in [0.2, 0.25) is 0 Å². The van der Waals surface area contributed by atoms with Gasteiger partial charge in [-0.3, -0.25) is 9.59 Å². The zero-order valence-corrected chi connectivity index (χ0v) is 24.5. The topological polar surface area (TPSA) is 187 Å². The summed E-state index contributed by atoms with van der Waals surface area (Å²) in [6.07, 6.45) is -0.221. The van der Waals surface area contributed by atoms with Crippen LogP contribution in [-0.2, 0) is 12.8 Å². The van der Waals surface area contributed by atoms with Gasteiger partial charge in [0.05, 0.1) is 14.2 Å². The summed E-state index contributed by atoms with van der Waals surface area (Å²) in [4.78, 5) is 26.6. The zero-order valence-electron chi connectivity index (χ0n) is 24.5. The molecular formula is C34H30O11. The predicted molar refractivity (Wildman–Crippen MR) is 164 cm³/mol. The largest absolute Gasteiger partial charge is 0.508 e. The highest BCUT2D eigenvalue weighted by Gasteiger charge is 2.29. The quantitative estimate of drug-likeness (QED) is 0.116. The Balaban J connectivity index is 1.66. The highest BCUT2D eigenvalue weighted by Crippen LogP contribution is 2.46. The molecule has 11 heteroatoms. The van der Waals surface area contributed by atoms with Crippen molar-refractivity contribution in [1.82, 2.24) is 0 Å². The van der Waals surface area contributed by atoms with Gasteiger partial charge in [-0.05, 0) is 55.3 Å². The van der Waals surface area contributed by atoms with Gasteiger partial charge in [0, 0.05) is 41.2 Å². The van der Waals surface area contributed by atoms with Gasteiger partial charge in [-0.2, -0.15) is 0 Å². The number of carbonyl (C=O) groups excluding carboxylic acids is 1. The summed E-state index contributed by atoms with van der Waals surface area (Å²) in [5, 5.41) is 63.7. The highest BCUT2D eigenvalue weighted by molar-refractivity contribution is 6.03. The number of fused-ring (bicyclic) bond motifs is 1. The molecule has 11 nitrogen and oxygen atoms in total. The van der Waals surface area contributed by atoms with Crippen molar-refractivity contribution in [1.29, 1.82) is 0 Å². The van der Waals surface area contributed by atoms with Crippen LogP contribution in [0.5, 0.6) is 46.0 Å². The van der Waals surface area contributed by atoms with Gasteiger partial charge in [-0.25, -0.2) is 0 Å². The summed E-state index contributed by atoms with van der Waals surface area (Å²) >= 11 is 0. The predicted octanol–water partition coefficient (Wildman–Crippen LogP) is 5.43. The van der Waals surface area contributed by atoms with E-state index in [-0.39, 0.29) is 64.4 Å². The molecule has 1 aromatic heterocycles. The first-order valence-electron chi connectivity index (χ1n) is 13.8. The van der Waals surface area contributed by atoms with Crippen molar-refractivity contribution >= 4 is 16.8 Å². The first-order valence-corrected chi connectivity index (χ1v) is 13.8. The Labute approximate surface area is 256 Å². The SMILES string of the molecule is COc1ccc(-c2oc3c(Cc4c(O)c(C(=O)CCc5ccc(O)cc5)c(O)c(C)c4OC)c(O)cc(O)c3c(=O)c2O)cc1. The first-order chi connectivity index (χ1) is 21.5. The Morgan fingerprint density at radius 3 is 2.09 bits per heavy atom. The molecule has 0 aliphatic carbocycles. The van der Waals surface area contributed by atoms with Gasteiger partial charge < -0.3 is 44.5 Å². The summed E-state index contributed by atoms with van der Waals surface area (Å²) in [6, 6.07) is 13.4. The second kappa shape index (κ2) is 12.0. The lowest BCUT2D eigenvalue weighted by Crippen LogP contribution is -2.08. The first kappa shape index (κ1) is 30.6. The van der Waals surface area contributed by atoms with Crippen molar-refractivity contribution in [2.45, 2.75) is 26.2 Å². The Morgan fingerprint density at radius 2 is 1.47 bits per heavy atom. The number of benzene rings is 4. The molecule has 0 saturated carbocycles. The van der Waals surface area contributed by atoms with Crippen LogP contribution < -0.4 is 14.9 Å². The van der Waals surface area contributed by atoms with E-state index in [9.17, 15) is 40.2 Å². The van der Waals surface area contributed by atoms with Gasteiger partial charge in [0.15, 0.2) is 11.5 Å². The van der Waals surface area contributed by atoms with E-state index in [2.05, 4.69) is 0 Å². The molecule has 0 aliphatic rings. The monoisotopic (exact) mass is 614 g/mol. The fourth-order valence-electron chi connectivity index (χ4n) is 5.30. The second-order valence-electron chi connectivity index (χ2n) is 10.4. The number of phenolic OH excluding ortho intramolecular Hbond substituents is 5. The molecule has 232 valence electrons. The summed E-state index contributed by atoms with van der Waals surface area (Å²) in [5.41, 5.74) is -0.514. The molecule has 6 N–H and O–H groups in total. The van der Waals surface area contributed by atoms with Crippen molar-refractivity contribution in [2.24, 2.45) is 0 Å². The highest BCUT2D eigenvalue weighted by atomic mass is 16.5. The summed E-state index contributed by atoms with van der Waals surface area (Å²) < 4.78 is 16.6.